The van der Waals surface area contributed by atoms with Crippen LogP contribution in [0.5, 0.6) is 0 Å². The van der Waals surface area contributed by atoms with Gasteiger partial charge < -0.3 is 14.5 Å². The van der Waals surface area contributed by atoms with E-state index in [2.05, 4.69) is 24.4 Å². The van der Waals surface area contributed by atoms with Crippen molar-refractivity contribution in [3.63, 3.8) is 0 Å². The van der Waals surface area contributed by atoms with E-state index in [-0.39, 0.29) is 11.8 Å². The summed E-state index contributed by atoms with van der Waals surface area (Å²) in [6.07, 6.45) is 0. The van der Waals surface area contributed by atoms with Crippen molar-refractivity contribution in [1.82, 2.24) is 5.32 Å². The van der Waals surface area contributed by atoms with Crippen LogP contribution in [-0.4, -0.2) is 19.1 Å². The topological polar surface area (TPSA) is 51.5 Å². The van der Waals surface area contributed by atoms with Gasteiger partial charge in [-0.1, -0.05) is 55.5 Å². The summed E-state index contributed by atoms with van der Waals surface area (Å²) in [5, 5.41) is 3.91. The molecule has 1 amide bonds. The fourth-order valence-corrected chi connectivity index (χ4v) is 2.86. The lowest BCUT2D eigenvalue weighted by atomic mass is 10.0. The van der Waals surface area contributed by atoms with Crippen LogP contribution in [0, 0.1) is 0 Å². The Morgan fingerprint density at radius 1 is 1.12 bits per heavy atom. The molecule has 0 aliphatic rings. The summed E-state index contributed by atoms with van der Waals surface area (Å²) in [6, 6.07) is 17.8. The number of furan rings is 1. The van der Waals surface area contributed by atoms with Crippen LogP contribution in [0.2, 0.25) is 0 Å². The molecule has 0 saturated heterocycles. The molecule has 1 atom stereocenters. The lowest BCUT2D eigenvalue weighted by molar-refractivity contribution is 0.0913. The van der Waals surface area contributed by atoms with Crippen LogP contribution in [0.4, 0.5) is 0 Å². The van der Waals surface area contributed by atoms with Crippen LogP contribution >= 0.6 is 0 Å². The third kappa shape index (κ3) is 3.91. The van der Waals surface area contributed by atoms with Gasteiger partial charge in [0.25, 0.3) is 5.91 Å². The Labute approximate surface area is 147 Å². The first kappa shape index (κ1) is 17.2. The highest BCUT2D eigenvalue weighted by molar-refractivity contribution is 5.99. The van der Waals surface area contributed by atoms with Gasteiger partial charge in [0, 0.05) is 24.1 Å². The molecule has 2 aromatic carbocycles. The minimum absolute atomic E-state index is 0.200. The number of carbonyl (C=O) groups excluding carboxylic acids is 1. The van der Waals surface area contributed by atoms with Gasteiger partial charge in [0.2, 0.25) is 0 Å². The molecule has 130 valence electrons. The molecule has 1 N–H and O–H groups in total. The summed E-state index contributed by atoms with van der Waals surface area (Å²) in [7, 11) is 0. The maximum Gasteiger partial charge on any atom is 0.287 e. The van der Waals surface area contributed by atoms with Gasteiger partial charge in [-0.05, 0) is 24.5 Å². The molecule has 0 bridgehead atoms. The van der Waals surface area contributed by atoms with Crippen molar-refractivity contribution >= 4 is 16.9 Å². The molecule has 0 aliphatic carbocycles. The van der Waals surface area contributed by atoms with E-state index in [4.69, 9.17) is 9.15 Å². The Morgan fingerprint density at radius 3 is 2.60 bits per heavy atom. The number of carbonyl (C=O) groups is 1. The quantitative estimate of drug-likeness (QED) is 0.690. The molecule has 0 saturated carbocycles. The van der Waals surface area contributed by atoms with Gasteiger partial charge in [-0.15, -0.1) is 0 Å². The average Bonchev–Trinajstić information content (AvgIpc) is 3.03. The first-order chi connectivity index (χ1) is 12.2. The number of rotatable bonds is 7. The predicted molar refractivity (Wildman–Crippen MR) is 98.7 cm³/mol. The van der Waals surface area contributed by atoms with Gasteiger partial charge in [0.05, 0.1) is 6.61 Å². The molecule has 1 heterocycles. The van der Waals surface area contributed by atoms with E-state index in [1.165, 1.54) is 5.56 Å². The van der Waals surface area contributed by atoms with Crippen LogP contribution in [0.25, 0.3) is 11.0 Å². The summed E-state index contributed by atoms with van der Waals surface area (Å²) in [4.78, 5) is 12.7. The highest BCUT2D eigenvalue weighted by atomic mass is 16.5. The van der Waals surface area contributed by atoms with E-state index in [1.54, 1.807) is 0 Å². The van der Waals surface area contributed by atoms with Crippen LogP contribution in [0.15, 0.2) is 59.0 Å². The standard InChI is InChI=1S/C21H23NO3/c1-3-24-14-18-17-11-7-8-12-19(17)25-20(18)21(23)22-13-15(2)16-9-5-4-6-10-16/h4-12,15H,3,13-14H2,1-2H3,(H,22,23)/t15-/m1/s1. The second-order valence-electron chi connectivity index (χ2n) is 6.06. The number of hydrogen-bond acceptors (Lipinski definition) is 3. The summed E-state index contributed by atoms with van der Waals surface area (Å²) in [5.41, 5.74) is 2.71. The van der Waals surface area contributed by atoms with Crippen molar-refractivity contribution in [2.24, 2.45) is 0 Å². The maximum atomic E-state index is 12.7. The fraction of sp³-hybridized carbons (Fsp3) is 0.286. The Balaban J connectivity index is 1.77. The van der Waals surface area contributed by atoms with Gasteiger partial charge in [-0.2, -0.15) is 0 Å². The van der Waals surface area contributed by atoms with Crippen molar-refractivity contribution in [2.75, 3.05) is 13.2 Å². The largest absolute Gasteiger partial charge is 0.451 e. The van der Waals surface area contributed by atoms with Crippen molar-refractivity contribution in [2.45, 2.75) is 26.4 Å². The zero-order valence-electron chi connectivity index (χ0n) is 14.6. The minimum Gasteiger partial charge on any atom is -0.451 e. The third-order valence-corrected chi connectivity index (χ3v) is 4.29. The summed E-state index contributed by atoms with van der Waals surface area (Å²) in [6.45, 7) is 5.53. The van der Waals surface area contributed by atoms with Gasteiger partial charge in [0.1, 0.15) is 5.58 Å². The van der Waals surface area contributed by atoms with Gasteiger partial charge >= 0.3 is 0 Å². The van der Waals surface area contributed by atoms with E-state index in [0.29, 0.717) is 31.1 Å². The SMILES string of the molecule is CCOCc1c(C(=O)NC[C@@H](C)c2ccccc2)oc2ccccc12. The lowest BCUT2D eigenvalue weighted by Gasteiger charge is -2.12. The Kier molecular flexibility index (Phi) is 5.51. The molecule has 4 nitrogen and oxygen atoms in total. The molecule has 25 heavy (non-hydrogen) atoms. The molecule has 0 unspecified atom stereocenters. The smallest absolute Gasteiger partial charge is 0.287 e. The molecule has 0 spiro atoms. The van der Waals surface area contributed by atoms with Gasteiger partial charge in [-0.3, -0.25) is 4.79 Å². The zero-order valence-corrected chi connectivity index (χ0v) is 14.6. The van der Waals surface area contributed by atoms with Gasteiger partial charge in [0.15, 0.2) is 5.76 Å². The number of fused-ring (bicyclic) bond motifs is 1. The number of ether oxygens (including phenoxy) is 1. The van der Waals surface area contributed by atoms with Crippen LogP contribution < -0.4 is 5.32 Å². The fourth-order valence-electron chi connectivity index (χ4n) is 2.86. The number of para-hydroxylation sites is 1. The molecule has 4 heteroatoms. The van der Waals surface area contributed by atoms with E-state index in [1.807, 2.05) is 49.4 Å². The van der Waals surface area contributed by atoms with Crippen molar-refractivity contribution in [1.29, 1.82) is 0 Å². The van der Waals surface area contributed by atoms with Crippen LogP contribution in [0.1, 0.15) is 41.4 Å². The average molecular weight is 337 g/mol. The number of benzene rings is 2. The highest BCUT2D eigenvalue weighted by Crippen LogP contribution is 2.26. The van der Waals surface area contributed by atoms with E-state index >= 15 is 0 Å². The van der Waals surface area contributed by atoms with E-state index in [9.17, 15) is 4.79 Å². The Bertz CT molecular complexity index is 839. The highest BCUT2D eigenvalue weighted by Gasteiger charge is 2.20. The molecule has 0 fully saturated rings. The Hall–Kier alpha value is -2.59. The summed E-state index contributed by atoms with van der Waals surface area (Å²) < 4.78 is 11.3. The summed E-state index contributed by atoms with van der Waals surface area (Å²) in [5.74, 6) is 0.369. The van der Waals surface area contributed by atoms with E-state index < -0.39 is 0 Å². The monoisotopic (exact) mass is 337 g/mol. The third-order valence-electron chi connectivity index (χ3n) is 4.29. The van der Waals surface area contributed by atoms with Crippen LogP contribution in [0.3, 0.4) is 0 Å². The van der Waals surface area contributed by atoms with Crippen molar-refractivity contribution in [3.8, 4) is 0 Å². The molecule has 0 radical (unpaired) electrons. The van der Waals surface area contributed by atoms with Crippen molar-refractivity contribution < 1.29 is 13.9 Å². The summed E-state index contributed by atoms with van der Waals surface area (Å²) >= 11 is 0. The predicted octanol–water partition coefficient (Wildman–Crippen LogP) is 4.50. The lowest BCUT2D eigenvalue weighted by Crippen LogP contribution is -2.28. The number of hydrogen-bond donors (Lipinski definition) is 1. The van der Waals surface area contributed by atoms with Crippen LogP contribution in [-0.2, 0) is 11.3 Å². The second-order valence-corrected chi connectivity index (χ2v) is 6.06. The molecular formula is C21H23NO3. The zero-order chi connectivity index (χ0) is 17.6. The molecule has 0 aliphatic heterocycles. The Morgan fingerprint density at radius 2 is 1.84 bits per heavy atom. The molecule has 3 rings (SSSR count). The van der Waals surface area contributed by atoms with E-state index in [0.717, 1.165) is 10.9 Å². The number of nitrogens with one attached hydrogen (secondary N) is 1. The maximum absolute atomic E-state index is 12.7. The second kappa shape index (κ2) is 7.99. The first-order valence-electron chi connectivity index (χ1n) is 8.62. The number of amides is 1. The van der Waals surface area contributed by atoms with Gasteiger partial charge in [-0.25, -0.2) is 0 Å². The van der Waals surface area contributed by atoms with Crippen molar-refractivity contribution in [3.05, 3.63) is 71.5 Å². The normalized spacial score (nSPS) is 12.2. The first-order valence-corrected chi connectivity index (χ1v) is 8.62. The molecule has 3 aromatic rings. The minimum atomic E-state index is -0.200. The molecule has 1 aromatic heterocycles. The molecular weight excluding hydrogens is 314 g/mol.